The summed E-state index contributed by atoms with van der Waals surface area (Å²) in [4.78, 5) is 0. The van der Waals surface area contributed by atoms with Crippen molar-refractivity contribution in [3.05, 3.63) is 69.2 Å². The van der Waals surface area contributed by atoms with Crippen LogP contribution in [0.3, 0.4) is 0 Å². The van der Waals surface area contributed by atoms with Crippen molar-refractivity contribution < 1.29 is 13.9 Å². The molecule has 0 amide bonds. The Bertz CT molecular complexity index is 578. The number of aryl methyl sites for hydroxylation is 1. The SMILES string of the molecule is Cc1ccc(Br)c(C(O)Cc2c(F)cccc2F)c1. The fourth-order valence-corrected chi connectivity index (χ4v) is 2.46. The van der Waals surface area contributed by atoms with Gasteiger partial charge in [-0.15, -0.1) is 0 Å². The van der Waals surface area contributed by atoms with E-state index in [1.165, 1.54) is 18.2 Å². The lowest BCUT2D eigenvalue weighted by molar-refractivity contribution is 0.175. The van der Waals surface area contributed by atoms with E-state index in [1.807, 2.05) is 19.1 Å². The van der Waals surface area contributed by atoms with E-state index in [1.54, 1.807) is 6.07 Å². The van der Waals surface area contributed by atoms with Crippen molar-refractivity contribution in [3.63, 3.8) is 0 Å². The van der Waals surface area contributed by atoms with Crippen molar-refractivity contribution in [2.75, 3.05) is 0 Å². The molecule has 0 fully saturated rings. The number of halogens is 3. The standard InChI is InChI=1S/C15H13BrF2O/c1-9-5-6-12(16)10(7-9)15(19)8-11-13(17)3-2-4-14(11)18/h2-7,15,19H,8H2,1H3. The average molecular weight is 327 g/mol. The molecular weight excluding hydrogens is 314 g/mol. The van der Waals surface area contributed by atoms with Gasteiger partial charge in [-0.05, 0) is 30.7 Å². The summed E-state index contributed by atoms with van der Waals surface area (Å²) in [6.07, 6.45) is -1.05. The van der Waals surface area contributed by atoms with Gasteiger partial charge in [-0.2, -0.15) is 0 Å². The summed E-state index contributed by atoms with van der Waals surface area (Å²) in [5, 5.41) is 10.2. The van der Waals surface area contributed by atoms with Crippen molar-refractivity contribution in [3.8, 4) is 0 Å². The van der Waals surface area contributed by atoms with Crippen molar-refractivity contribution >= 4 is 15.9 Å². The first kappa shape index (κ1) is 14.2. The van der Waals surface area contributed by atoms with E-state index in [0.717, 1.165) is 10.0 Å². The zero-order valence-corrected chi connectivity index (χ0v) is 11.9. The van der Waals surface area contributed by atoms with Gasteiger partial charge < -0.3 is 5.11 Å². The van der Waals surface area contributed by atoms with E-state index in [-0.39, 0.29) is 12.0 Å². The van der Waals surface area contributed by atoms with Crippen LogP contribution >= 0.6 is 15.9 Å². The van der Waals surface area contributed by atoms with Crippen molar-refractivity contribution in [1.29, 1.82) is 0 Å². The van der Waals surface area contributed by atoms with Crippen LogP contribution in [0.1, 0.15) is 22.8 Å². The second-order valence-corrected chi connectivity index (χ2v) is 5.30. The predicted octanol–water partition coefficient (Wildman–Crippen LogP) is 4.31. The first-order valence-corrected chi connectivity index (χ1v) is 6.65. The molecule has 2 aromatic rings. The van der Waals surface area contributed by atoms with Gasteiger partial charge in [0.1, 0.15) is 11.6 Å². The summed E-state index contributed by atoms with van der Waals surface area (Å²) in [5.74, 6) is -1.27. The lowest BCUT2D eigenvalue weighted by Gasteiger charge is -2.14. The number of hydrogen-bond acceptors (Lipinski definition) is 1. The largest absolute Gasteiger partial charge is 0.388 e. The van der Waals surface area contributed by atoms with Gasteiger partial charge in [-0.1, -0.05) is 39.7 Å². The van der Waals surface area contributed by atoms with Crippen LogP contribution < -0.4 is 0 Å². The molecule has 0 aliphatic rings. The average Bonchev–Trinajstić information content (AvgIpc) is 2.37. The van der Waals surface area contributed by atoms with Crippen LogP contribution in [-0.2, 0) is 6.42 Å². The van der Waals surface area contributed by atoms with E-state index in [0.29, 0.717) is 5.56 Å². The van der Waals surface area contributed by atoms with Gasteiger partial charge in [0.05, 0.1) is 6.10 Å². The van der Waals surface area contributed by atoms with E-state index in [2.05, 4.69) is 15.9 Å². The Morgan fingerprint density at radius 2 is 1.79 bits per heavy atom. The summed E-state index contributed by atoms with van der Waals surface area (Å²) in [6, 6.07) is 9.19. The molecule has 19 heavy (non-hydrogen) atoms. The summed E-state index contributed by atoms with van der Waals surface area (Å²) in [5.41, 5.74) is 1.51. The maximum atomic E-state index is 13.5. The molecule has 1 nitrogen and oxygen atoms in total. The molecule has 0 saturated heterocycles. The minimum Gasteiger partial charge on any atom is -0.388 e. The highest BCUT2D eigenvalue weighted by Gasteiger charge is 2.17. The van der Waals surface area contributed by atoms with Crippen LogP contribution in [0, 0.1) is 18.6 Å². The minimum atomic E-state index is -0.958. The fraction of sp³-hybridized carbons (Fsp3) is 0.200. The molecule has 0 radical (unpaired) electrons. The Morgan fingerprint density at radius 3 is 2.42 bits per heavy atom. The first-order valence-electron chi connectivity index (χ1n) is 5.86. The zero-order valence-electron chi connectivity index (χ0n) is 10.3. The number of aliphatic hydroxyl groups excluding tert-OH is 1. The van der Waals surface area contributed by atoms with Gasteiger partial charge in [0.25, 0.3) is 0 Å². The number of hydrogen-bond donors (Lipinski definition) is 1. The molecule has 1 unspecified atom stereocenters. The summed E-state index contributed by atoms with van der Waals surface area (Å²) in [6.45, 7) is 1.90. The second-order valence-electron chi connectivity index (χ2n) is 4.45. The van der Waals surface area contributed by atoms with Gasteiger partial charge in [-0.3, -0.25) is 0 Å². The smallest absolute Gasteiger partial charge is 0.129 e. The zero-order chi connectivity index (χ0) is 14.0. The molecule has 100 valence electrons. The third-order valence-electron chi connectivity index (χ3n) is 2.97. The van der Waals surface area contributed by atoms with Crippen LogP contribution in [0.2, 0.25) is 0 Å². The summed E-state index contributed by atoms with van der Waals surface area (Å²) in [7, 11) is 0. The molecule has 1 N–H and O–H groups in total. The number of rotatable bonds is 3. The Hall–Kier alpha value is -1.26. The highest BCUT2D eigenvalue weighted by molar-refractivity contribution is 9.10. The van der Waals surface area contributed by atoms with Gasteiger partial charge in [0.2, 0.25) is 0 Å². The summed E-state index contributed by atoms with van der Waals surface area (Å²) < 4.78 is 27.8. The van der Waals surface area contributed by atoms with Crippen molar-refractivity contribution in [2.24, 2.45) is 0 Å². The minimum absolute atomic E-state index is 0.0941. The number of benzene rings is 2. The molecule has 0 saturated carbocycles. The normalized spacial score (nSPS) is 12.5. The number of aliphatic hydroxyl groups is 1. The molecule has 0 spiro atoms. The molecule has 2 rings (SSSR count). The molecule has 0 bridgehead atoms. The third kappa shape index (κ3) is 3.19. The quantitative estimate of drug-likeness (QED) is 0.891. The van der Waals surface area contributed by atoms with Crippen molar-refractivity contribution in [1.82, 2.24) is 0 Å². The van der Waals surface area contributed by atoms with Gasteiger partial charge in [0, 0.05) is 16.5 Å². The Kier molecular flexibility index (Phi) is 4.32. The van der Waals surface area contributed by atoms with Crippen LogP contribution in [0.5, 0.6) is 0 Å². The lowest BCUT2D eigenvalue weighted by Crippen LogP contribution is -2.06. The van der Waals surface area contributed by atoms with Crippen molar-refractivity contribution in [2.45, 2.75) is 19.4 Å². The molecule has 0 aliphatic heterocycles. The molecule has 0 aromatic heterocycles. The Balaban J connectivity index is 2.31. The van der Waals surface area contributed by atoms with Gasteiger partial charge >= 0.3 is 0 Å². The van der Waals surface area contributed by atoms with E-state index in [9.17, 15) is 13.9 Å². The monoisotopic (exact) mass is 326 g/mol. The van der Waals surface area contributed by atoms with Crippen LogP contribution in [0.15, 0.2) is 40.9 Å². The lowest BCUT2D eigenvalue weighted by atomic mass is 9.99. The fourth-order valence-electron chi connectivity index (χ4n) is 1.95. The van der Waals surface area contributed by atoms with Gasteiger partial charge in [-0.25, -0.2) is 8.78 Å². The highest BCUT2D eigenvalue weighted by Crippen LogP contribution is 2.28. The second kappa shape index (κ2) is 5.80. The molecule has 0 aliphatic carbocycles. The van der Waals surface area contributed by atoms with E-state index in [4.69, 9.17) is 0 Å². The molecule has 2 aromatic carbocycles. The van der Waals surface area contributed by atoms with Crippen LogP contribution in [-0.4, -0.2) is 5.11 Å². The Labute approximate surface area is 119 Å². The summed E-state index contributed by atoms with van der Waals surface area (Å²) >= 11 is 3.33. The van der Waals surface area contributed by atoms with Crippen LogP contribution in [0.4, 0.5) is 8.78 Å². The maximum absolute atomic E-state index is 13.5. The van der Waals surface area contributed by atoms with Crippen LogP contribution in [0.25, 0.3) is 0 Å². The van der Waals surface area contributed by atoms with E-state index >= 15 is 0 Å². The third-order valence-corrected chi connectivity index (χ3v) is 3.69. The molecular formula is C15H13BrF2O. The highest BCUT2D eigenvalue weighted by atomic mass is 79.9. The first-order chi connectivity index (χ1) is 8.99. The van der Waals surface area contributed by atoms with E-state index < -0.39 is 17.7 Å². The topological polar surface area (TPSA) is 20.2 Å². The van der Waals surface area contributed by atoms with Gasteiger partial charge in [0.15, 0.2) is 0 Å². The Morgan fingerprint density at radius 1 is 1.16 bits per heavy atom. The maximum Gasteiger partial charge on any atom is 0.129 e. The molecule has 1 atom stereocenters. The molecule has 0 heterocycles. The molecule has 4 heteroatoms. The predicted molar refractivity (Wildman–Crippen MR) is 73.9 cm³/mol.